The zero-order chi connectivity index (χ0) is 16.8. The zero-order valence-electron chi connectivity index (χ0n) is 15.3. The quantitative estimate of drug-likeness (QED) is 0.408. The standard InChI is InChI=1S/C20H36N2O/c1-3-4-5-6-7-8-9-10-11-12-15-20(23)16-13-14-19-17-21-18(2)22-19/h17H,3-16H2,1-2H3,(H,21,22). The molecular weight excluding hydrogens is 284 g/mol. The maximum atomic E-state index is 11.8. The monoisotopic (exact) mass is 320 g/mol. The van der Waals surface area contributed by atoms with Gasteiger partial charge in [-0.25, -0.2) is 4.98 Å². The van der Waals surface area contributed by atoms with Crippen LogP contribution in [0.25, 0.3) is 0 Å². The molecule has 0 radical (unpaired) electrons. The maximum Gasteiger partial charge on any atom is 0.132 e. The van der Waals surface area contributed by atoms with Gasteiger partial charge in [0.2, 0.25) is 0 Å². The minimum absolute atomic E-state index is 0.431. The molecule has 0 unspecified atom stereocenters. The van der Waals surface area contributed by atoms with Crippen molar-refractivity contribution in [3.8, 4) is 0 Å². The molecule has 1 aromatic rings. The van der Waals surface area contributed by atoms with Gasteiger partial charge in [0.15, 0.2) is 0 Å². The first kappa shape index (κ1) is 19.9. The SMILES string of the molecule is CCCCCCCCCCCCC(=O)CCCc1cnc(C)[nH]1. The van der Waals surface area contributed by atoms with Crippen LogP contribution in [-0.2, 0) is 11.2 Å². The first-order valence-electron chi connectivity index (χ1n) is 9.74. The molecule has 1 aromatic heterocycles. The smallest absolute Gasteiger partial charge is 0.132 e. The largest absolute Gasteiger partial charge is 0.346 e. The molecule has 3 heteroatoms. The molecule has 0 spiro atoms. The molecule has 0 aliphatic heterocycles. The van der Waals surface area contributed by atoms with E-state index in [1.54, 1.807) is 0 Å². The summed E-state index contributed by atoms with van der Waals surface area (Å²) < 4.78 is 0. The highest BCUT2D eigenvalue weighted by molar-refractivity contribution is 5.78. The number of H-pyrrole nitrogens is 1. The van der Waals surface area contributed by atoms with E-state index >= 15 is 0 Å². The van der Waals surface area contributed by atoms with Crippen LogP contribution in [0.5, 0.6) is 0 Å². The number of aromatic nitrogens is 2. The van der Waals surface area contributed by atoms with E-state index in [4.69, 9.17) is 0 Å². The highest BCUT2D eigenvalue weighted by atomic mass is 16.1. The number of hydrogen-bond acceptors (Lipinski definition) is 2. The summed E-state index contributed by atoms with van der Waals surface area (Å²) in [5.41, 5.74) is 1.15. The molecule has 132 valence electrons. The van der Waals surface area contributed by atoms with E-state index in [9.17, 15) is 4.79 Å². The van der Waals surface area contributed by atoms with Crippen LogP contribution in [0.15, 0.2) is 6.20 Å². The van der Waals surface area contributed by atoms with Gasteiger partial charge in [-0.15, -0.1) is 0 Å². The molecule has 1 N–H and O–H groups in total. The van der Waals surface area contributed by atoms with Gasteiger partial charge in [0.25, 0.3) is 0 Å². The zero-order valence-corrected chi connectivity index (χ0v) is 15.3. The van der Waals surface area contributed by atoms with Gasteiger partial charge < -0.3 is 4.98 Å². The Balaban J connectivity index is 1.84. The molecule has 0 aliphatic rings. The number of aryl methyl sites for hydroxylation is 2. The van der Waals surface area contributed by atoms with Crippen molar-refractivity contribution in [3.05, 3.63) is 17.7 Å². The molecule has 0 saturated carbocycles. The number of imidazole rings is 1. The van der Waals surface area contributed by atoms with Gasteiger partial charge in [0.1, 0.15) is 11.6 Å². The van der Waals surface area contributed by atoms with Gasteiger partial charge in [-0.3, -0.25) is 4.79 Å². The lowest BCUT2D eigenvalue weighted by atomic mass is 10.0. The summed E-state index contributed by atoms with van der Waals surface area (Å²) in [7, 11) is 0. The highest BCUT2D eigenvalue weighted by Crippen LogP contribution is 2.12. The summed E-state index contributed by atoms with van der Waals surface area (Å²) in [6.45, 7) is 4.22. The lowest BCUT2D eigenvalue weighted by Crippen LogP contribution is -1.99. The van der Waals surface area contributed by atoms with Crippen molar-refractivity contribution in [2.45, 2.75) is 104 Å². The number of Topliss-reactive ketones (excluding diaryl/α,β-unsaturated/α-hetero) is 1. The molecule has 1 rings (SSSR count). The Morgan fingerprint density at radius 3 is 2.04 bits per heavy atom. The van der Waals surface area contributed by atoms with Crippen molar-refractivity contribution in [2.75, 3.05) is 0 Å². The minimum atomic E-state index is 0.431. The van der Waals surface area contributed by atoms with Crippen molar-refractivity contribution in [1.82, 2.24) is 9.97 Å². The topological polar surface area (TPSA) is 45.8 Å². The van der Waals surface area contributed by atoms with Crippen LogP contribution in [0.2, 0.25) is 0 Å². The first-order valence-corrected chi connectivity index (χ1v) is 9.74. The van der Waals surface area contributed by atoms with Crippen LogP contribution >= 0.6 is 0 Å². The summed E-state index contributed by atoms with van der Waals surface area (Å²) in [5.74, 6) is 1.39. The van der Waals surface area contributed by atoms with Crippen LogP contribution in [0, 0.1) is 6.92 Å². The van der Waals surface area contributed by atoms with E-state index in [2.05, 4.69) is 16.9 Å². The third-order valence-corrected chi connectivity index (χ3v) is 4.47. The fourth-order valence-electron chi connectivity index (χ4n) is 3.01. The number of rotatable bonds is 15. The Bertz CT molecular complexity index is 412. The van der Waals surface area contributed by atoms with Gasteiger partial charge in [-0.1, -0.05) is 64.7 Å². The van der Waals surface area contributed by atoms with Crippen LogP contribution in [0.4, 0.5) is 0 Å². The van der Waals surface area contributed by atoms with E-state index in [1.165, 1.54) is 57.8 Å². The third kappa shape index (κ3) is 11.1. The summed E-state index contributed by atoms with van der Waals surface area (Å²) in [6, 6.07) is 0. The molecule has 0 atom stereocenters. The van der Waals surface area contributed by atoms with Crippen molar-refractivity contribution < 1.29 is 4.79 Å². The van der Waals surface area contributed by atoms with Gasteiger partial charge >= 0.3 is 0 Å². The average molecular weight is 321 g/mol. The molecule has 0 fully saturated rings. The van der Waals surface area contributed by atoms with Crippen molar-refractivity contribution in [3.63, 3.8) is 0 Å². The number of unbranched alkanes of at least 4 members (excludes halogenated alkanes) is 9. The second kappa shape index (κ2) is 13.3. The predicted octanol–water partition coefficient (Wildman–Crippen LogP) is 5.92. The maximum absolute atomic E-state index is 11.8. The van der Waals surface area contributed by atoms with E-state index < -0.39 is 0 Å². The van der Waals surface area contributed by atoms with Gasteiger partial charge in [0, 0.05) is 24.7 Å². The van der Waals surface area contributed by atoms with Crippen molar-refractivity contribution in [1.29, 1.82) is 0 Å². The Labute approximate surface area is 142 Å². The molecule has 0 bridgehead atoms. The summed E-state index contributed by atoms with van der Waals surface area (Å²) in [4.78, 5) is 19.2. The van der Waals surface area contributed by atoms with E-state index in [0.717, 1.165) is 43.6 Å². The molecular formula is C20H36N2O. The van der Waals surface area contributed by atoms with E-state index in [1.807, 2.05) is 13.1 Å². The van der Waals surface area contributed by atoms with Crippen LogP contribution in [0.1, 0.15) is 102 Å². The molecule has 3 nitrogen and oxygen atoms in total. The summed E-state index contributed by atoms with van der Waals surface area (Å²) >= 11 is 0. The fourth-order valence-corrected chi connectivity index (χ4v) is 3.01. The molecule has 23 heavy (non-hydrogen) atoms. The number of ketones is 1. The number of aromatic amines is 1. The molecule has 0 aromatic carbocycles. The number of carbonyl (C=O) groups excluding carboxylic acids is 1. The Morgan fingerprint density at radius 1 is 0.913 bits per heavy atom. The molecule has 0 amide bonds. The number of hydrogen-bond donors (Lipinski definition) is 1. The van der Waals surface area contributed by atoms with Crippen molar-refractivity contribution >= 4 is 5.78 Å². The Hall–Kier alpha value is -1.12. The third-order valence-electron chi connectivity index (χ3n) is 4.47. The molecule has 0 aliphatic carbocycles. The van der Waals surface area contributed by atoms with Crippen LogP contribution in [-0.4, -0.2) is 15.8 Å². The lowest BCUT2D eigenvalue weighted by molar-refractivity contribution is -0.119. The number of nitrogens with one attached hydrogen (secondary N) is 1. The first-order chi connectivity index (χ1) is 11.2. The Morgan fingerprint density at radius 2 is 1.48 bits per heavy atom. The van der Waals surface area contributed by atoms with E-state index in [-0.39, 0.29) is 0 Å². The van der Waals surface area contributed by atoms with Crippen LogP contribution in [0.3, 0.4) is 0 Å². The number of nitrogens with zero attached hydrogens (tertiary/aromatic N) is 1. The summed E-state index contributed by atoms with van der Waals surface area (Å²) in [6.07, 6.45) is 18.5. The summed E-state index contributed by atoms with van der Waals surface area (Å²) in [5, 5.41) is 0. The highest BCUT2D eigenvalue weighted by Gasteiger charge is 2.03. The number of carbonyl (C=O) groups is 1. The van der Waals surface area contributed by atoms with Crippen LogP contribution < -0.4 is 0 Å². The average Bonchev–Trinajstić information content (AvgIpc) is 2.94. The van der Waals surface area contributed by atoms with Gasteiger partial charge in [0.05, 0.1) is 0 Å². The predicted molar refractivity (Wildman–Crippen MR) is 97.7 cm³/mol. The second-order valence-corrected chi connectivity index (χ2v) is 6.82. The van der Waals surface area contributed by atoms with E-state index in [0.29, 0.717) is 5.78 Å². The fraction of sp³-hybridized carbons (Fsp3) is 0.800. The molecule has 0 saturated heterocycles. The molecule has 1 heterocycles. The minimum Gasteiger partial charge on any atom is -0.346 e. The second-order valence-electron chi connectivity index (χ2n) is 6.82. The Kier molecular flexibility index (Phi) is 11.5. The lowest BCUT2D eigenvalue weighted by Gasteiger charge is -2.03. The normalized spacial score (nSPS) is 11.0. The van der Waals surface area contributed by atoms with Gasteiger partial charge in [-0.2, -0.15) is 0 Å². The van der Waals surface area contributed by atoms with Crippen molar-refractivity contribution in [2.24, 2.45) is 0 Å². The van der Waals surface area contributed by atoms with Gasteiger partial charge in [-0.05, 0) is 26.2 Å².